The fraction of sp³-hybridized carbons (Fsp3) is 0.200. The highest BCUT2D eigenvalue weighted by Crippen LogP contribution is 2.24. The van der Waals surface area contributed by atoms with E-state index in [-0.39, 0.29) is 6.10 Å². The van der Waals surface area contributed by atoms with E-state index in [1.165, 1.54) is 0 Å². The third-order valence-corrected chi connectivity index (χ3v) is 3.40. The second-order valence-electron chi connectivity index (χ2n) is 5.55. The van der Waals surface area contributed by atoms with Gasteiger partial charge in [0.2, 0.25) is 0 Å². The molecule has 2 heterocycles. The van der Waals surface area contributed by atoms with Crippen molar-refractivity contribution in [3.05, 3.63) is 67.3 Å². The van der Waals surface area contributed by atoms with Gasteiger partial charge in [-0.05, 0) is 37.6 Å². The smallest absolute Gasteiger partial charge is 0.141 e. The van der Waals surface area contributed by atoms with Crippen LogP contribution in [0.1, 0.15) is 25.0 Å². The van der Waals surface area contributed by atoms with Gasteiger partial charge in [-0.3, -0.25) is 4.98 Å². The third kappa shape index (κ3) is 4.10. The van der Waals surface area contributed by atoms with Crippen LogP contribution >= 0.6 is 0 Å². The topological polar surface area (TPSA) is 39.9 Å². The summed E-state index contributed by atoms with van der Waals surface area (Å²) in [6.07, 6.45) is 10.9. The van der Waals surface area contributed by atoms with Gasteiger partial charge in [-0.25, -0.2) is 4.98 Å². The Labute approximate surface area is 143 Å². The first kappa shape index (κ1) is 17.5. The predicted octanol–water partition coefficient (Wildman–Crippen LogP) is 4.68. The van der Waals surface area contributed by atoms with Gasteiger partial charge in [0.05, 0.1) is 6.10 Å². The Hall–Kier alpha value is -2.88. The average molecular weight is 321 g/mol. The molecule has 24 heavy (non-hydrogen) atoms. The number of aryl methyl sites for hydroxylation is 1. The molecule has 0 aromatic carbocycles. The summed E-state index contributed by atoms with van der Waals surface area (Å²) in [5.41, 5.74) is 2.78. The lowest BCUT2D eigenvalue weighted by atomic mass is 10.0. The van der Waals surface area contributed by atoms with Crippen LogP contribution in [0.3, 0.4) is 0 Å². The van der Waals surface area contributed by atoms with E-state index < -0.39 is 0 Å². The molecule has 4 nitrogen and oxygen atoms in total. The minimum Gasteiger partial charge on any atom is -0.491 e. The van der Waals surface area contributed by atoms with Gasteiger partial charge in [0.1, 0.15) is 11.6 Å². The molecule has 2 rings (SSSR count). The summed E-state index contributed by atoms with van der Waals surface area (Å²) in [6, 6.07) is 5.70. The maximum Gasteiger partial charge on any atom is 0.141 e. The third-order valence-electron chi connectivity index (χ3n) is 3.40. The van der Waals surface area contributed by atoms with Crippen LogP contribution in [0.5, 0.6) is 5.75 Å². The van der Waals surface area contributed by atoms with Crippen LogP contribution in [0, 0.1) is 0 Å². The van der Waals surface area contributed by atoms with Gasteiger partial charge in [0.25, 0.3) is 0 Å². The summed E-state index contributed by atoms with van der Waals surface area (Å²) in [5, 5.41) is 0. The molecule has 0 amide bonds. The van der Waals surface area contributed by atoms with Gasteiger partial charge >= 0.3 is 0 Å². The normalized spacial score (nSPS) is 10.2. The quantitative estimate of drug-likeness (QED) is 0.803. The Morgan fingerprint density at radius 3 is 2.62 bits per heavy atom. The van der Waals surface area contributed by atoms with E-state index in [1.54, 1.807) is 30.7 Å². The highest BCUT2D eigenvalue weighted by molar-refractivity contribution is 5.76. The number of rotatable bonds is 5. The van der Waals surface area contributed by atoms with Crippen LogP contribution in [0.15, 0.2) is 56.1 Å². The second kappa shape index (κ2) is 8.11. The first-order valence-electron chi connectivity index (χ1n) is 7.82. The number of hydrogen-bond donors (Lipinski definition) is 0. The van der Waals surface area contributed by atoms with Gasteiger partial charge in [-0.15, -0.1) is 0 Å². The molecular weight excluding hydrogens is 298 g/mol. The van der Waals surface area contributed by atoms with E-state index in [0.29, 0.717) is 0 Å². The van der Waals surface area contributed by atoms with Crippen molar-refractivity contribution in [1.29, 1.82) is 0 Å². The molecule has 2 aromatic rings. The number of ether oxygens (including phenoxy) is 1. The van der Waals surface area contributed by atoms with E-state index in [9.17, 15) is 0 Å². The van der Waals surface area contributed by atoms with Crippen molar-refractivity contribution >= 4 is 12.2 Å². The summed E-state index contributed by atoms with van der Waals surface area (Å²) >= 11 is 0. The van der Waals surface area contributed by atoms with E-state index in [1.807, 2.05) is 49.9 Å². The Bertz CT molecular complexity index is 789. The molecule has 0 spiro atoms. The van der Waals surface area contributed by atoms with Crippen LogP contribution in [0.4, 0.5) is 0 Å². The first-order valence-corrected chi connectivity index (χ1v) is 7.82. The number of hydrogen-bond acceptors (Lipinski definition) is 3. The summed E-state index contributed by atoms with van der Waals surface area (Å²) in [5.74, 6) is 1.54. The largest absolute Gasteiger partial charge is 0.491 e. The molecule has 0 unspecified atom stereocenters. The molecule has 0 aliphatic heterocycles. The average Bonchev–Trinajstić information content (AvgIpc) is 2.64. The summed E-state index contributed by atoms with van der Waals surface area (Å²) < 4.78 is 7.67. The van der Waals surface area contributed by atoms with Gasteiger partial charge in [0.15, 0.2) is 0 Å². The van der Waals surface area contributed by atoms with Crippen LogP contribution in [-0.4, -0.2) is 20.6 Å². The minimum absolute atomic E-state index is 0.108. The van der Waals surface area contributed by atoms with Gasteiger partial charge in [0, 0.05) is 43.0 Å². The molecule has 0 aliphatic carbocycles. The van der Waals surface area contributed by atoms with Crippen LogP contribution < -0.4 is 4.74 Å². The molecule has 0 radical (unpaired) electrons. The van der Waals surface area contributed by atoms with Crippen LogP contribution in [0.2, 0.25) is 0 Å². The minimum atomic E-state index is 0.108. The van der Waals surface area contributed by atoms with Crippen molar-refractivity contribution in [1.82, 2.24) is 14.5 Å². The van der Waals surface area contributed by atoms with Gasteiger partial charge in [-0.1, -0.05) is 25.3 Å². The lowest BCUT2D eigenvalue weighted by Crippen LogP contribution is -2.04. The summed E-state index contributed by atoms with van der Waals surface area (Å²) in [6.45, 7) is 11.7. The van der Waals surface area contributed by atoms with Crippen molar-refractivity contribution in [3.63, 3.8) is 0 Å². The molecule has 0 aliphatic rings. The standard InChI is InChI=1S/C20H23N3O/c1-6-16-13-21-14-19(18(16)7-2)20-22-11-10-17(24-15(3)4)9-8-12-23(20)5/h6-15H,1-2H2,3-5H3. The van der Waals surface area contributed by atoms with E-state index in [2.05, 4.69) is 23.1 Å². The highest BCUT2D eigenvalue weighted by Gasteiger charge is 2.09. The lowest BCUT2D eigenvalue weighted by molar-refractivity contribution is 0.242. The monoisotopic (exact) mass is 321 g/mol. The molecule has 0 bridgehead atoms. The molecule has 0 fully saturated rings. The van der Waals surface area contributed by atoms with E-state index >= 15 is 0 Å². The van der Waals surface area contributed by atoms with E-state index in [4.69, 9.17) is 4.74 Å². The van der Waals surface area contributed by atoms with Gasteiger partial charge < -0.3 is 9.30 Å². The molecular formula is C20H23N3O. The maximum atomic E-state index is 5.73. The molecule has 0 saturated heterocycles. The van der Waals surface area contributed by atoms with Crippen LogP contribution in [-0.2, 0) is 7.05 Å². The van der Waals surface area contributed by atoms with Crippen LogP contribution in [0.25, 0.3) is 23.5 Å². The van der Waals surface area contributed by atoms with Crippen molar-refractivity contribution in [2.24, 2.45) is 7.05 Å². The van der Waals surface area contributed by atoms with Crippen molar-refractivity contribution < 1.29 is 4.74 Å². The van der Waals surface area contributed by atoms with Crippen molar-refractivity contribution in [3.8, 4) is 17.1 Å². The van der Waals surface area contributed by atoms with E-state index in [0.717, 1.165) is 28.3 Å². The predicted molar refractivity (Wildman–Crippen MR) is 100 cm³/mol. The molecule has 2 aromatic heterocycles. The Kier molecular flexibility index (Phi) is 5.90. The number of nitrogens with zero attached hydrogens (tertiary/aromatic N) is 3. The fourth-order valence-corrected chi connectivity index (χ4v) is 2.33. The number of pyridine rings is 1. The SMILES string of the molecule is C=Cc1cncc(-c2nccc(OC(C)C)cccn2C)c1C=C. The first-order chi connectivity index (χ1) is 11.6. The molecule has 124 valence electrons. The zero-order valence-electron chi connectivity index (χ0n) is 14.4. The Balaban J connectivity index is 2.65. The summed E-state index contributed by atoms with van der Waals surface area (Å²) in [7, 11) is 1.94. The molecule has 0 saturated carbocycles. The zero-order chi connectivity index (χ0) is 17.5. The summed E-state index contributed by atoms with van der Waals surface area (Å²) in [4.78, 5) is 8.90. The fourth-order valence-electron chi connectivity index (χ4n) is 2.33. The molecule has 0 atom stereocenters. The molecule has 4 heteroatoms. The Morgan fingerprint density at radius 2 is 1.96 bits per heavy atom. The highest BCUT2D eigenvalue weighted by atomic mass is 16.5. The second-order valence-corrected chi connectivity index (χ2v) is 5.55. The van der Waals surface area contributed by atoms with Crippen molar-refractivity contribution in [2.45, 2.75) is 20.0 Å². The lowest BCUT2D eigenvalue weighted by Gasteiger charge is -2.10. The Morgan fingerprint density at radius 1 is 1.17 bits per heavy atom. The van der Waals surface area contributed by atoms with Gasteiger partial charge in [-0.2, -0.15) is 0 Å². The zero-order valence-corrected chi connectivity index (χ0v) is 14.4. The maximum absolute atomic E-state index is 5.73. The molecule has 0 N–H and O–H groups in total. The number of aromatic nitrogens is 3. The van der Waals surface area contributed by atoms with Crippen molar-refractivity contribution in [2.75, 3.05) is 0 Å².